The van der Waals surface area contributed by atoms with E-state index >= 15 is 0 Å². The third-order valence-corrected chi connectivity index (χ3v) is 4.85. The molecular formula is C21H25F2N3O2. The number of benzene rings is 2. The SMILES string of the molecule is COc1ccc(CN2CCN(CCC(=O)Nc3cccc(F)c3)CC2)cc1F. The molecule has 1 saturated heterocycles. The Kier molecular flexibility index (Phi) is 6.95. The number of ether oxygens (including phenoxy) is 1. The molecule has 5 nitrogen and oxygen atoms in total. The van der Waals surface area contributed by atoms with Crippen molar-refractivity contribution in [3.05, 3.63) is 59.7 Å². The van der Waals surface area contributed by atoms with Crippen molar-refractivity contribution in [2.24, 2.45) is 0 Å². The maximum atomic E-state index is 13.8. The minimum atomic E-state index is -0.370. The molecular weight excluding hydrogens is 364 g/mol. The zero-order valence-corrected chi connectivity index (χ0v) is 16.0. The van der Waals surface area contributed by atoms with E-state index in [1.807, 2.05) is 6.07 Å². The smallest absolute Gasteiger partial charge is 0.225 e. The Labute approximate surface area is 163 Å². The molecule has 0 saturated carbocycles. The Balaban J connectivity index is 1.39. The van der Waals surface area contributed by atoms with Crippen LogP contribution in [0.2, 0.25) is 0 Å². The number of nitrogens with zero attached hydrogens (tertiary/aromatic N) is 2. The molecule has 150 valence electrons. The fourth-order valence-electron chi connectivity index (χ4n) is 3.29. The van der Waals surface area contributed by atoms with Gasteiger partial charge in [-0.1, -0.05) is 12.1 Å². The van der Waals surface area contributed by atoms with Gasteiger partial charge >= 0.3 is 0 Å². The van der Waals surface area contributed by atoms with Crippen LogP contribution < -0.4 is 10.1 Å². The molecule has 7 heteroatoms. The molecule has 0 atom stereocenters. The average Bonchev–Trinajstić information content (AvgIpc) is 2.68. The van der Waals surface area contributed by atoms with Crippen LogP contribution in [0.1, 0.15) is 12.0 Å². The van der Waals surface area contributed by atoms with Crippen LogP contribution in [0.25, 0.3) is 0 Å². The van der Waals surface area contributed by atoms with Gasteiger partial charge in [0.05, 0.1) is 7.11 Å². The lowest BCUT2D eigenvalue weighted by Crippen LogP contribution is -2.46. The van der Waals surface area contributed by atoms with Crippen molar-refractivity contribution in [1.29, 1.82) is 0 Å². The maximum absolute atomic E-state index is 13.8. The number of piperazine rings is 1. The highest BCUT2D eigenvalue weighted by molar-refractivity contribution is 5.90. The number of hydrogen-bond acceptors (Lipinski definition) is 4. The fourth-order valence-corrected chi connectivity index (χ4v) is 3.29. The Bertz CT molecular complexity index is 808. The first-order valence-corrected chi connectivity index (χ1v) is 9.36. The van der Waals surface area contributed by atoms with E-state index < -0.39 is 0 Å². The van der Waals surface area contributed by atoms with Crippen LogP contribution in [0, 0.1) is 11.6 Å². The van der Waals surface area contributed by atoms with Gasteiger partial charge in [0.15, 0.2) is 11.6 Å². The molecule has 0 spiro atoms. The minimum absolute atomic E-state index is 0.123. The van der Waals surface area contributed by atoms with Crippen molar-refractivity contribution < 1.29 is 18.3 Å². The van der Waals surface area contributed by atoms with Gasteiger partial charge in [0.2, 0.25) is 5.91 Å². The molecule has 1 heterocycles. The molecule has 1 amide bonds. The van der Waals surface area contributed by atoms with Gasteiger partial charge in [-0.25, -0.2) is 8.78 Å². The summed E-state index contributed by atoms with van der Waals surface area (Å²) in [6.45, 7) is 4.77. The van der Waals surface area contributed by atoms with Crippen molar-refractivity contribution in [3.8, 4) is 5.75 Å². The van der Waals surface area contributed by atoms with E-state index in [0.717, 1.165) is 31.7 Å². The Morgan fingerprint density at radius 1 is 1.07 bits per heavy atom. The minimum Gasteiger partial charge on any atom is -0.494 e. The normalized spacial score (nSPS) is 15.4. The van der Waals surface area contributed by atoms with Gasteiger partial charge in [-0.3, -0.25) is 9.69 Å². The van der Waals surface area contributed by atoms with Crippen LogP contribution in [0.15, 0.2) is 42.5 Å². The van der Waals surface area contributed by atoms with Crippen LogP contribution >= 0.6 is 0 Å². The second-order valence-electron chi connectivity index (χ2n) is 6.90. The summed E-state index contributed by atoms with van der Waals surface area (Å²) in [5.74, 6) is -0.583. The van der Waals surface area contributed by atoms with E-state index in [4.69, 9.17) is 4.74 Å². The fraction of sp³-hybridized carbons (Fsp3) is 0.381. The lowest BCUT2D eigenvalue weighted by Gasteiger charge is -2.34. The van der Waals surface area contributed by atoms with Gasteiger partial charge in [-0.05, 0) is 35.9 Å². The number of hydrogen-bond donors (Lipinski definition) is 1. The highest BCUT2D eigenvalue weighted by atomic mass is 19.1. The van der Waals surface area contributed by atoms with E-state index in [1.165, 1.54) is 25.3 Å². The Morgan fingerprint density at radius 2 is 1.82 bits per heavy atom. The number of carbonyl (C=O) groups is 1. The zero-order chi connectivity index (χ0) is 19.9. The van der Waals surface area contributed by atoms with E-state index in [2.05, 4.69) is 15.1 Å². The average molecular weight is 389 g/mol. The number of methoxy groups -OCH3 is 1. The number of carbonyl (C=O) groups excluding carboxylic acids is 1. The lowest BCUT2D eigenvalue weighted by molar-refractivity contribution is -0.116. The summed E-state index contributed by atoms with van der Waals surface area (Å²) in [4.78, 5) is 16.5. The monoisotopic (exact) mass is 389 g/mol. The largest absolute Gasteiger partial charge is 0.494 e. The first-order valence-electron chi connectivity index (χ1n) is 9.36. The number of halogens is 2. The number of anilines is 1. The first-order chi connectivity index (χ1) is 13.5. The molecule has 2 aromatic carbocycles. The molecule has 0 bridgehead atoms. The van der Waals surface area contributed by atoms with Crippen LogP contribution in [0.4, 0.5) is 14.5 Å². The standard InChI is InChI=1S/C21H25F2N3O2/c1-28-20-6-5-16(13-19(20)23)15-26-11-9-25(10-12-26)8-7-21(27)24-18-4-2-3-17(22)14-18/h2-6,13-14H,7-12,15H2,1H3,(H,24,27). The third-order valence-electron chi connectivity index (χ3n) is 4.85. The molecule has 1 fully saturated rings. The molecule has 0 aliphatic carbocycles. The Hall–Kier alpha value is -2.51. The Morgan fingerprint density at radius 3 is 2.50 bits per heavy atom. The quantitative estimate of drug-likeness (QED) is 0.790. The summed E-state index contributed by atoms with van der Waals surface area (Å²) >= 11 is 0. The number of rotatable bonds is 7. The lowest BCUT2D eigenvalue weighted by atomic mass is 10.1. The summed E-state index contributed by atoms with van der Waals surface area (Å²) in [6, 6.07) is 10.9. The first kappa shape index (κ1) is 20.2. The molecule has 0 aromatic heterocycles. The van der Waals surface area contributed by atoms with Crippen molar-refractivity contribution in [2.75, 3.05) is 45.2 Å². The summed E-state index contributed by atoms with van der Waals surface area (Å²) in [6.07, 6.45) is 0.361. The van der Waals surface area contributed by atoms with Crippen LogP contribution in [0.5, 0.6) is 5.75 Å². The summed E-state index contributed by atoms with van der Waals surface area (Å²) in [7, 11) is 1.45. The second kappa shape index (κ2) is 9.61. The van der Waals surface area contributed by atoms with Gasteiger partial charge in [-0.15, -0.1) is 0 Å². The third kappa shape index (κ3) is 5.74. The molecule has 1 aliphatic heterocycles. The van der Waals surface area contributed by atoms with Crippen molar-refractivity contribution >= 4 is 11.6 Å². The molecule has 2 aromatic rings. The van der Waals surface area contributed by atoms with E-state index in [-0.39, 0.29) is 23.3 Å². The molecule has 1 aliphatic rings. The van der Waals surface area contributed by atoms with Crippen molar-refractivity contribution in [3.63, 3.8) is 0 Å². The summed E-state index contributed by atoms with van der Waals surface area (Å²) < 4.78 is 31.9. The maximum Gasteiger partial charge on any atom is 0.225 e. The zero-order valence-electron chi connectivity index (χ0n) is 16.0. The predicted octanol–water partition coefficient (Wildman–Crippen LogP) is 3.12. The molecule has 0 unspecified atom stereocenters. The van der Waals surface area contributed by atoms with E-state index in [9.17, 15) is 13.6 Å². The second-order valence-corrected chi connectivity index (χ2v) is 6.90. The number of amides is 1. The van der Waals surface area contributed by atoms with Crippen molar-refractivity contribution in [1.82, 2.24) is 9.80 Å². The number of nitrogens with one attached hydrogen (secondary N) is 1. The summed E-state index contributed by atoms with van der Waals surface area (Å²) in [5, 5.41) is 2.72. The molecule has 3 rings (SSSR count). The predicted molar refractivity (Wildman–Crippen MR) is 104 cm³/mol. The van der Waals surface area contributed by atoms with Crippen LogP contribution in [-0.2, 0) is 11.3 Å². The van der Waals surface area contributed by atoms with Crippen molar-refractivity contribution in [2.45, 2.75) is 13.0 Å². The van der Waals surface area contributed by atoms with Gasteiger partial charge in [0.1, 0.15) is 5.82 Å². The van der Waals surface area contributed by atoms with Gasteiger partial charge in [0, 0.05) is 51.4 Å². The van der Waals surface area contributed by atoms with Gasteiger partial charge in [0.25, 0.3) is 0 Å². The van der Waals surface area contributed by atoms with Gasteiger partial charge < -0.3 is 15.0 Å². The molecule has 28 heavy (non-hydrogen) atoms. The van der Waals surface area contributed by atoms with Crippen LogP contribution in [-0.4, -0.2) is 55.5 Å². The molecule has 0 radical (unpaired) electrons. The highest BCUT2D eigenvalue weighted by Crippen LogP contribution is 2.19. The van der Waals surface area contributed by atoms with E-state index in [1.54, 1.807) is 18.2 Å². The molecule has 1 N–H and O–H groups in total. The van der Waals surface area contributed by atoms with Crippen LogP contribution in [0.3, 0.4) is 0 Å². The highest BCUT2D eigenvalue weighted by Gasteiger charge is 2.18. The topological polar surface area (TPSA) is 44.8 Å². The van der Waals surface area contributed by atoms with Gasteiger partial charge in [-0.2, -0.15) is 0 Å². The van der Waals surface area contributed by atoms with E-state index in [0.29, 0.717) is 25.2 Å². The summed E-state index contributed by atoms with van der Waals surface area (Å²) in [5.41, 5.74) is 1.39.